The number of hydrogen-bond donors (Lipinski definition) is 1. The van der Waals surface area contributed by atoms with Gasteiger partial charge in [0.1, 0.15) is 10.3 Å². The normalized spacial score (nSPS) is 10.0. The Balaban J connectivity index is 2.25. The minimum Gasteiger partial charge on any atom is -0.490 e. The van der Waals surface area contributed by atoms with Crippen molar-refractivity contribution in [2.45, 2.75) is 0 Å². The Morgan fingerprint density at radius 2 is 2.14 bits per heavy atom. The van der Waals surface area contributed by atoms with Crippen LogP contribution in [0.2, 0.25) is 0 Å². The molecule has 0 saturated heterocycles. The van der Waals surface area contributed by atoms with Gasteiger partial charge < -0.3 is 10.1 Å². The average Bonchev–Trinajstić information content (AvgIpc) is 2.47. The van der Waals surface area contributed by atoms with E-state index in [1.807, 2.05) is 0 Å². The second kappa shape index (κ2) is 6.31. The highest BCUT2D eigenvalue weighted by Crippen LogP contribution is 2.29. The van der Waals surface area contributed by atoms with Crippen LogP contribution in [-0.2, 0) is 0 Å². The van der Waals surface area contributed by atoms with E-state index in [-0.39, 0.29) is 22.8 Å². The summed E-state index contributed by atoms with van der Waals surface area (Å²) >= 11 is 3.17. The first-order chi connectivity index (χ1) is 10.0. The van der Waals surface area contributed by atoms with Crippen LogP contribution in [0.1, 0.15) is 10.5 Å². The van der Waals surface area contributed by atoms with Crippen LogP contribution >= 0.6 is 15.9 Å². The van der Waals surface area contributed by atoms with Crippen LogP contribution in [0.25, 0.3) is 0 Å². The molecule has 2 rings (SSSR count). The van der Waals surface area contributed by atoms with Gasteiger partial charge in [-0.2, -0.15) is 0 Å². The molecule has 1 aromatic carbocycles. The largest absolute Gasteiger partial charge is 0.490 e. The van der Waals surface area contributed by atoms with Crippen molar-refractivity contribution < 1.29 is 14.5 Å². The van der Waals surface area contributed by atoms with E-state index in [0.29, 0.717) is 4.60 Å². The minimum absolute atomic E-state index is 0.124. The lowest BCUT2D eigenvalue weighted by Gasteiger charge is -2.07. The summed E-state index contributed by atoms with van der Waals surface area (Å²) in [6.45, 7) is 0. The summed E-state index contributed by atoms with van der Waals surface area (Å²) < 4.78 is 5.42. The number of nitro benzene ring substituents is 1. The Kier molecular flexibility index (Phi) is 4.49. The van der Waals surface area contributed by atoms with E-state index in [1.54, 1.807) is 12.1 Å². The fourth-order valence-electron chi connectivity index (χ4n) is 1.64. The van der Waals surface area contributed by atoms with Gasteiger partial charge >= 0.3 is 5.69 Å². The van der Waals surface area contributed by atoms with Crippen LogP contribution in [0.4, 0.5) is 11.4 Å². The monoisotopic (exact) mass is 351 g/mol. The zero-order valence-corrected chi connectivity index (χ0v) is 12.5. The summed E-state index contributed by atoms with van der Waals surface area (Å²) in [5.41, 5.74) is 0.259. The van der Waals surface area contributed by atoms with Crippen molar-refractivity contribution in [2.24, 2.45) is 0 Å². The van der Waals surface area contributed by atoms with Crippen molar-refractivity contribution in [3.05, 3.63) is 56.8 Å². The van der Waals surface area contributed by atoms with Crippen molar-refractivity contribution in [1.29, 1.82) is 0 Å². The molecule has 0 spiro atoms. The molecule has 8 heteroatoms. The lowest BCUT2D eigenvalue weighted by atomic mass is 10.2. The molecule has 0 aliphatic heterocycles. The highest BCUT2D eigenvalue weighted by atomic mass is 79.9. The van der Waals surface area contributed by atoms with Gasteiger partial charge in [-0.15, -0.1) is 0 Å². The van der Waals surface area contributed by atoms with Gasteiger partial charge in [-0.05, 0) is 40.2 Å². The Morgan fingerprint density at radius 1 is 1.38 bits per heavy atom. The molecule has 108 valence electrons. The second-order valence-electron chi connectivity index (χ2n) is 3.94. The molecule has 0 atom stereocenters. The number of nitro groups is 1. The number of anilines is 1. The van der Waals surface area contributed by atoms with E-state index >= 15 is 0 Å². The van der Waals surface area contributed by atoms with Gasteiger partial charge in [0, 0.05) is 11.8 Å². The summed E-state index contributed by atoms with van der Waals surface area (Å²) in [6, 6.07) is 9.06. The highest BCUT2D eigenvalue weighted by Gasteiger charge is 2.16. The topological polar surface area (TPSA) is 94.4 Å². The summed E-state index contributed by atoms with van der Waals surface area (Å²) in [4.78, 5) is 26.4. The molecular formula is C13H10BrN3O4. The number of aromatic nitrogens is 1. The van der Waals surface area contributed by atoms with Crippen LogP contribution in [-0.4, -0.2) is 22.9 Å². The van der Waals surface area contributed by atoms with E-state index in [4.69, 9.17) is 4.74 Å². The van der Waals surface area contributed by atoms with Gasteiger partial charge in [0.25, 0.3) is 5.91 Å². The maximum Gasteiger partial charge on any atom is 0.312 e. The number of hydrogen-bond acceptors (Lipinski definition) is 5. The molecule has 1 N–H and O–H groups in total. The first kappa shape index (κ1) is 14.9. The second-order valence-corrected chi connectivity index (χ2v) is 4.76. The van der Waals surface area contributed by atoms with Gasteiger partial charge in [-0.25, -0.2) is 4.98 Å². The fourth-order valence-corrected chi connectivity index (χ4v) is 1.98. The zero-order chi connectivity index (χ0) is 15.4. The van der Waals surface area contributed by atoms with Crippen molar-refractivity contribution in [3.63, 3.8) is 0 Å². The van der Waals surface area contributed by atoms with Crippen LogP contribution in [0.15, 0.2) is 41.0 Å². The van der Waals surface area contributed by atoms with E-state index in [2.05, 4.69) is 26.2 Å². The Bertz CT molecular complexity index is 706. The van der Waals surface area contributed by atoms with Crippen molar-refractivity contribution in [1.82, 2.24) is 4.98 Å². The van der Waals surface area contributed by atoms with E-state index in [9.17, 15) is 14.9 Å². The molecule has 0 aliphatic carbocycles. The first-order valence-electron chi connectivity index (χ1n) is 5.77. The molecule has 1 aromatic heterocycles. The molecule has 7 nitrogen and oxygen atoms in total. The predicted molar refractivity (Wildman–Crippen MR) is 79.5 cm³/mol. The summed E-state index contributed by atoms with van der Waals surface area (Å²) in [7, 11) is 1.34. The number of pyridine rings is 1. The highest BCUT2D eigenvalue weighted by molar-refractivity contribution is 9.10. The number of amides is 1. The maximum absolute atomic E-state index is 12.0. The Hall–Kier alpha value is -2.48. The Morgan fingerprint density at radius 3 is 2.76 bits per heavy atom. The van der Waals surface area contributed by atoms with Crippen LogP contribution in [0.3, 0.4) is 0 Å². The van der Waals surface area contributed by atoms with Crippen LogP contribution in [0, 0.1) is 10.1 Å². The minimum atomic E-state index is -0.578. The third-order valence-electron chi connectivity index (χ3n) is 2.58. The number of methoxy groups -OCH3 is 1. The molecule has 0 unspecified atom stereocenters. The fraction of sp³-hybridized carbons (Fsp3) is 0.0769. The van der Waals surface area contributed by atoms with Crippen molar-refractivity contribution in [2.75, 3.05) is 12.4 Å². The molecule has 0 fully saturated rings. The predicted octanol–water partition coefficient (Wildman–Crippen LogP) is 3.01. The van der Waals surface area contributed by atoms with Gasteiger partial charge in [0.15, 0.2) is 5.75 Å². The summed E-state index contributed by atoms with van der Waals surface area (Å²) in [6.07, 6.45) is 0. The maximum atomic E-state index is 12.0. The van der Waals surface area contributed by atoms with Crippen molar-refractivity contribution >= 4 is 33.2 Å². The van der Waals surface area contributed by atoms with Gasteiger partial charge in [-0.1, -0.05) is 6.07 Å². The lowest BCUT2D eigenvalue weighted by molar-refractivity contribution is -0.385. The molecule has 0 bridgehead atoms. The summed E-state index contributed by atoms with van der Waals surface area (Å²) in [5.74, 6) is -0.339. The molecule has 1 heterocycles. The zero-order valence-electron chi connectivity index (χ0n) is 10.9. The first-order valence-corrected chi connectivity index (χ1v) is 6.57. The SMILES string of the molecule is COc1ccc(NC(=O)c2cccc(Br)n2)cc1[N+](=O)[O-]. The standard InChI is InChI=1S/C13H10BrN3O4/c1-21-11-6-5-8(7-10(11)17(19)20)15-13(18)9-3-2-4-12(14)16-9/h2-7H,1H3,(H,15,18). The van der Waals surface area contributed by atoms with Crippen LogP contribution in [0.5, 0.6) is 5.75 Å². The average molecular weight is 352 g/mol. The quantitative estimate of drug-likeness (QED) is 0.519. The number of rotatable bonds is 4. The molecule has 1 amide bonds. The molecule has 0 saturated carbocycles. The smallest absolute Gasteiger partial charge is 0.312 e. The van der Waals surface area contributed by atoms with Crippen molar-refractivity contribution in [3.8, 4) is 5.75 Å². The Labute approximate surface area is 128 Å². The number of ether oxygens (including phenoxy) is 1. The number of nitrogens with one attached hydrogen (secondary N) is 1. The number of carbonyl (C=O) groups excluding carboxylic acids is 1. The molecule has 0 radical (unpaired) electrons. The van der Waals surface area contributed by atoms with Gasteiger partial charge in [0.05, 0.1) is 12.0 Å². The van der Waals surface area contributed by atoms with Crippen LogP contribution < -0.4 is 10.1 Å². The van der Waals surface area contributed by atoms with E-state index in [1.165, 1.54) is 31.4 Å². The molecular weight excluding hydrogens is 342 g/mol. The van der Waals surface area contributed by atoms with Gasteiger partial charge in [-0.3, -0.25) is 14.9 Å². The molecule has 0 aliphatic rings. The summed E-state index contributed by atoms with van der Waals surface area (Å²) in [5, 5.41) is 13.5. The third kappa shape index (κ3) is 3.54. The number of nitrogens with zero attached hydrogens (tertiary/aromatic N) is 2. The number of benzene rings is 1. The number of carbonyl (C=O) groups is 1. The molecule has 21 heavy (non-hydrogen) atoms. The molecule has 2 aromatic rings. The number of halogens is 1. The van der Waals surface area contributed by atoms with E-state index in [0.717, 1.165) is 0 Å². The van der Waals surface area contributed by atoms with Gasteiger partial charge in [0.2, 0.25) is 0 Å². The lowest BCUT2D eigenvalue weighted by Crippen LogP contribution is -2.13. The third-order valence-corrected chi connectivity index (χ3v) is 3.02. The van der Waals surface area contributed by atoms with E-state index < -0.39 is 10.8 Å².